The van der Waals surface area contributed by atoms with Crippen LogP contribution in [-0.2, 0) is 13.1 Å². The van der Waals surface area contributed by atoms with Crippen molar-refractivity contribution in [2.45, 2.75) is 13.1 Å². The lowest BCUT2D eigenvalue weighted by Gasteiger charge is -2.05. The molecule has 0 aliphatic rings. The second-order valence-corrected chi connectivity index (χ2v) is 7.13. The third-order valence-corrected chi connectivity index (χ3v) is 5.08. The summed E-state index contributed by atoms with van der Waals surface area (Å²) in [7, 11) is 0. The van der Waals surface area contributed by atoms with E-state index in [0.717, 1.165) is 5.56 Å². The molecule has 5 nitrogen and oxygen atoms in total. The summed E-state index contributed by atoms with van der Waals surface area (Å²) in [5, 5.41) is 1.83. The summed E-state index contributed by atoms with van der Waals surface area (Å²) in [5.41, 5.74) is 2.14. The van der Waals surface area contributed by atoms with Crippen LogP contribution in [-0.4, -0.2) is 20.0 Å². The molecule has 0 unspecified atom stereocenters. The highest BCUT2D eigenvalue weighted by molar-refractivity contribution is 7.07. The maximum absolute atomic E-state index is 13.9. The molecule has 4 rings (SSSR count). The number of hydrogen-bond acceptors (Lipinski definition) is 3. The third kappa shape index (κ3) is 4.15. The molecule has 0 N–H and O–H groups in total. The molecule has 4 aromatic rings. The Bertz CT molecular complexity index is 1140. The Hall–Kier alpha value is -3.32. The van der Waals surface area contributed by atoms with Gasteiger partial charge < -0.3 is 9.13 Å². The molecule has 28 heavy (non-hydrogen) atoms. The summed E-state index contributed by atoms with van der Waals surface area (Å²) in [6.45, 7) is 1.02. The van der Waals surface area contributed by atoms with Gasteiger partial charge >= 0.3 is 0 Å². The fourth-order valence-corrected chi connectivity index (χ4v) is 3.54. The number of halogens is 1. The molecule has 0 aliphatic carbocycles. The van der Waals surface area contributed by atoms with Gasteiger partial charge in [0, 0.05) is 41.6 Å². The first kappa shape index (κ1) is 18.1. The van der Waals surface area contributed by atoms with Gasteiger partial charge in [-0.25, -0.2) is 9.37 Å². The number of imidazole rings is 1. The average Bonchev–Trinajstić information content (AvgIpc) is 3.37. The van der Waals surface area contributed by atoms with Crippen LogP contribution in [0.2, 0.25) is 0 Å². The molecule has 2 aromatic carbocycles. The van der Waals surface area contributed by atoms with Gasteiger partial charge in [0.25, 0.3) is 5.91 Å². The van der Waals surface area contributed by atoms with Crippen molar-refractivity contribution in [1.82, 2.24) is 14.1 Å². The first-order chi connectivity index (χ1) is 13.7. The minimum absolute atomic E-state index is 0.271. The molecule has 0 aliphatic heterocycles. The average molecular weight is 392 g/mol. The van der Waals surface area contributed by atoms with Gasteiger partial charge in [0.1, 0.15) is 5.82 Å². The van der Waals surface area contributed by atoms with Crippen molar-refractivity contribution in [3.8, 4) is 0 Å². The molecule has 0 fully saturated rings. The molecule has 2 aromatic heterocycles. The Morgan fingerprint density at radius 3 is 2.64 bits per heavy atom. The monoisotopic (exact) mass is 392 g/mol. The van der Waals surface area contributed by atoms with Crippen molar-refractivity contribution in [3.05, 3.63) is 106 Å². The topological polar surface area (TPSA) is 52.2 Å². The molecule has 140 valence electrons. The fraction of sp³-hybridized carbons (Fsp3) is 0.0952. The number of carbonyl (C=O) groups excluding carboxylic acids is 1. The highest BCUT2D eigenvalue weighted by Crippen LogP contribution is 2.10. The van der Waals surface area contributed by atoms with Crippen LogP contribution in [0.3, 0.4) is 0 Å². The Morgan fingerprint density at radius 1 is 1.07 bits per heavy atom. The SMILES string of the molecule is O=C(N=c1sccn1Cc1ccccc1F)c1ccc(Cn2ccnc2)cc1. The van der Waals surface area contributed by atoms with Gasteiger partial charge in [-0.15, -0.1) is 11.3 Å². The molecule has 0 spiro atoms. The van der Waals surface area contributed by atoms with Crippen LogP contribution in [0.5, 0.6) is 0 Å². The van der Waals surface area contributed by atoms with E-state index in [4.69, 9.17) is 0 Å². The molecule has 0 saturated heterocycles. The number of hydrogen-bond donors (Lipinski definition) is 0. The van der Waals surface area contributed by atoms with Crippen molar-refractivity contribution >= 4 is 17.2 Å². The van der Waals surface area contributed by atoms with E-state index in [9.17, 15) is 9.18 Å². The van der Waals surface area contributed by atoms with Crippen molar-refractivity contribution in [3.63, 3.8) is 0 Å². The van der Waals surface area contributed by atoms with Crippen LogP contribution < -0.4 is 4.80 Å². The largest absolute Gasteiger partial charge is 0.333 e. The highest BCUT2D eigenvalue weighted by Gasteiger charge is 2.07. The Morgan fingerprint density at radius 2 is 1.89 bits per heavy atom. The van der Waals surface area contributed by atoms with Gasteiger partial charge in [-0.3, -0.25) is 4.79 Å². The van der Waals surface area contributed by atoms with Crippen LogP contribution >= 0.6 is 11.3 Å². The Kier molecular flexibility index (Phi) is 5.25. The predicted molar refractivity (Wildman–Crippen MR) is 105 cm³/mol. The number of thiazole rings is 1. The molecule has 0 atom stereocenters. The van der Waals surface area contributed by atoms with Crippen LogP contribution in [0.4, 0.5) is 4.39 Å². The van der Waals surface area contributed by atoms with E-state index in [-0.39, 0.29) is 11.7 Å². The summed E-state index contributed by atoms with van der Waals surface area (Å²) < 4.78 is 17.6. The highest BCUT2D eigenvalue weighted by atomic mass is 32.1. The summed E-state index contributed by atoms with van der Waals surface area (Å²) in [6.07, 6.45) is 7.17. The van der Waals surface area contributed by atoms with Gasteiger partial charge in [-0.1, -0.05) is 30.3 Å². The standard InChI is InChI=1S/C21H17FN4OS/c22-19-4-2-1-3-18(19)14-26-11-12-28-21(26)24-20(27)17-7-5-16(6-8-17)13-25-10-9-23-15-25/h1-12,15H,13-14H2. The smallest absolute Gasteiger partial charge is 0.279 e. The van der Waals surface area contributed by atoms with E-state index in [2.05, 4.69) is 9.98 Å². The van der Waals surface area contributed by atoms with Crippen molar-refractivity contribution in [1.29, 1.82) is 0 Å². The van der Waals surface area contributed by atoms with Gasteiger partial charge in [0.05, 0.1) is 12.9 Å². The summed E-state index contributed by atoms with van der Waals surface area (Å²) >= 11 is 1.35. The van der Waals surface area contributed by atoms with E-state index >= 15 is 0 Å². The van der Waals surface area contributed by atoms with E-state index in [1.54, 1.807) is 53.6 Å². The Labute approximate surface area is 165 Å². The second-order valence-electron chi connectivity index (χ2n) is 6.25. The molecule has 2 heterocycles. The predicted octanol–water partition coefficient (Wildman–Crippen LogP) is 3.72. The zero-order valence-electron chi connectivity index (χ0n) is 14.9. The normalized spacial score (nSPS) is 11.7. The van der Waals surface area contributed by atoms with Crippen LogP contribution in [0, 0.1) is 5.82 Å². The summed E-state index contributed by atoms with van der Waals surface area (Å²) in [4.78, 5) is 21.3. The first-order valence-corrected chi connectivity index (χ1v) is 9.58. The van der Waals surface area contributed by atoms with Crippen molar-refractivity contribution in [2.75, 3.05) is 0 Å². The Balaban J connectivity index is 1.52. The summed E-state index contributed by atoms with van der Waals surface area (Å²) in [5.74, 6) is -0.592. The second kappa shape index (κ2) is 8.14. The molecule has 1 amide bonds. The lowest BCUT2D eigenvalue weighted by Crippen LogP contribution is -2.17. The van der Waals surface area contributed by atoms with Gasteiger partial charge in [-0.05, 0) is 23.8 Å². The quantitative estimate of drug-likeness (QED) is 0.520. The van der Waals surface area contributed by atoms with Crippen LogP contribution in [0.15, 0.2) is 83.8 Å². The number of benzene rings is 2. The summed E-state index contributed by atoms with van der Waals surface area (Å²) in [6, 6.07) is 14.0. The molecule has 0 bridgehead atoms. The third-order valence-electron chi connectivity index (χ3n) is 4.28. The number of rotatable bonds is 5. The lowest BCUT2D eigenvalue weighted by atomic mass is 10.1. The van der Waals surface area contributed by atoms with Gasteiger partial charge in [0.15, 0.2) is 4.80 Å². The first-order valence-electron chi connectivity index (χ1n) is 8.70. The molecule has 7 heteroatoms. The number of aromatic nitrogens is 3. The van der Waals surface area contributed by atoms with Crippen molar-refractivity contribution in [2.24, 2.45) is 4.99 Å². The molecule has 0 radical (unpaired) electrons. The fourth-order valence-electron chi connectivity index (χ4n) is 2.81. The number of carbonyl (C=O) groups is 1. The zero-order valence-corrected chi connectivity index (χ0v) is 15.7. The van der Waals surface area contributed by atoms with Crippen LogP contribution in [0.1, 0.15) is 21.5 Å². The van der Waals surface area contributed by atoms with E-state index < -0.39 is 0 Å². The maximum Gasteiger partial charge on any atom is 0.279 e. The number of amides is 1. The van der Waals surface area contributed by atoms with E-state index in [0.29, 0.717) is 29.0 Å². The van der Waals surface area contributed by atoms with Gasteiger partial charge in [0.2, 0.25) is 0 Å². The van der Waals surface area contributed by atoms with E-state index in [1.807, 2.05) is 28.3 Å². The molecular weight excluding hydrogens is 375 g/mol. The number of nitrogens with zero attached hydrogens (tertiary/aromatic N) is 4. The van der Waals surface area contributed by atoms with Gasteiger partial charge in [-0.2, -0.15) is 4.99 Å². The van der Waals surface area contributed by atoms with Crippen molar-refractivity contribution < 1.29 is 9.18 Å². The molecular formula is C21H17FN4OS. The lowest BCUT2D eigenvalue weighted by molar-refractivity contribution is 0.0998. The zero-order chi connectivity index (χ0) is 19.3. The minimum atomic E-state index is -0.320. The molecule has 0 saturated carbocycles. The van der Waals surface area contributed by atoms with E-state index in [1.165, 1.54) is 17.4 Å². The maximum atomic E-state index is 13.9. The van der Waals surface area contributed by atoms with Crippen LogP contribution in [0.25, 0.3) is 0 Å². The minimum Gasteiger partial charge on any atom is -0.333 e.